The largest absolute Gasteiger partial charge is 0.352 e. The highest BCUT2D eigenvalue weighted by Gasteiger charge is 2.16. The van der Waals surface area contributed by atoms with E-state index in [2.05, 4.69) is 45.7 Å². The standard InChI is InChI=1S/C22H26N4O/c1-2-10-24-22(27)17-6-7-21-16(13-17)4-3-5-20(21)18-14-25-26(15-18)19-8-11-23-12-9-19/h3-7,13-15,19,23H,2,8-12H2,1H3,(H,24,27). The van der Waals surface area contributed by atoms with Crippen LogP contribution in [0, 0.1) is 0 Å². The summed E-state index contributed by atoms with van der Waals surface area (Å²) >= 11 is 0. The van der Waals surface area contributed by atoms with Crippen LogP contribution in [0.5, 0.6) is 0 Å². The number of aromatic nitrogens is 2. The summed E-state index contributed by atoms with van der Waals surface area (Å²) < 4.78 is 2.11. The Morgan fingerprint density at radius 1 is 1.26 bits per heavy atom. The van der Waals surface area contributed by atoms with Gasteiger partial charge in [-0.3, -0.25) is 9.48 Å². The van der Waals surface area contributed by atoms with Gasteiger partial charge in [-0.2, -0.15) is 5.10 Å². The first-order chi connectivity index (χ1) is 13.3. The summed E-state index contributed by atoms with van der Waals surface area (Å²) in [6, 6.07) is 12.6. The lowest BCUT2D eigenvalue weighted by Crippen LogP contribution is -2.29. The molecule has 4 rings (SSSR count). The highest BCUT2D eigenvalue weighted by molar-refractivity contribution is 6.02. The van der Waals surface area contributed by atoms with Crippen molar-refractivity contribution in [2.75, 3.05) is 19.6 Å². The van der Waals surface area contributed by atoms with Crippen LogP contribution in [-0.2, 0) is 0 Å². The van der Waals surface area contributed by atoms with Crippen LogP contribution in [-0.4, -0.2) is 35.3 Å². The second-order valence-electron chi connectivity index (χ2n) is 7.19. The molecule has 3 aromatic rings. The van der Waals surface area contributed by atoms with Gasteiger partial charge >= 0.3 is 0 Å². The van der Waals surface area contributed by atoms with Gasteiger partial charge in [0.15, 0.2) is 0 Å². The molecule has 0 saturated carbocycles. The summed E-state index contributed by atoms with van der Waals surface area (Å²) in [5, 5.41) is 13.2. The third-order valence-corrected chi connectivity index (χ3v) is 5.27. The Morgan fingerprint density at radius 3 is 2.93 bits per heavy atom. The maximum Gasteiger partial charge on any atom is 0.251 e. The van der Waals surface area contributed by atoms with E-state index in [0.717, 1.165) is 54.3 Å². The fourth-order valence-electron chi connectivity index (χ4n) is 3.77. The molecule has 1 fully saturated rings. The Labute approximate surface area is 159 Å². The molecule has 1 aromatic heterocycles. The molecule has 27 heavy (non-hydrogen) atoms. The number of piperidine rings is 1. The van der Waals surface area contributed by atoms with E-state index in [1.807, 2.05) is 30.5 Å². The van der Waals surface area contributed by atoms with E-state index >= 15 is 0 Å². The number of benzene rings is 2. The highest BCUT2D eigenvalue weighted by Crippen LogP contribution is 2.30. The van der Waals surface area contributed by atoms with Crippen LogP contribution in [0.3, 0.4) is 0 Å². The fraction of sp³-hybridized carbons (Fsp3) is 0.364. The van der Waals surface area contributed by atoms with Crippen molar-refractivity contribution in [2.24, 2.45) is 0 Å². The normalized spacial score (nSPS) is 15.1. The summed E-state index contributed by atoms with van der Waals surface area (Å²) in [7, 11) is 0. The number of carbonyl (C=O) groups excluding carboxylic acids is 1. The van der Waals surface area contributed by atoms with Gasteiger partial charge in [-0.05, 0) is 60.8 Å². The van der Waals surface area contributed by atoms with Crippen molar-refractivity contribution in [3.63, 3.8) is 0 Å². The number of hydrogen-bond donors (Lipinski definition) is 2. The van der Waals surface area contributed by atoms with Gasteiger partial charge in [0, 0.05) is 23.9 Å². The zero-order valence-corrected chi connectivity index (χ0v) is 15.7. The number of rotatable bonds is 5. The maximum absolute atomic E-state index is 12.3. The predicted molar refractivity (Wildman–Crippen MR) is 109 cm³/mol. The van der Waals surface area contributed by atoms with E-state index < -0.39 is 0 Å². The van der Waals surface area contributed by atoms with Crippen LogP contribution in [0.4, 0.5) is 0 Å². The summed E-state index contributed by atoms with van der Waals surface area (Å²) in [4.78, 5) is 12.3. The van der Waals surface area contributed by atoms with Crippen molar-refractivity contribution in [2.45, 2.75) is 32.2 Å². The van der Waals surface area contributed by atoms with Crippen molar-refractivity contribution in [3.05, 3.63) is 54.4 Å². The van der Waals surface area contributed by atoms with Crippen molar-refractivity contribution < 1.29 is 4.79 Å². The molecule has 2 aromatic carbocycles. The molecule has 140 valence electrons. The van der Waals surface area contributed by atoms with Crippen LogP contribution in [0.1, 0.15) is 42.6 Å². The SMILES string of the molecule is CCCNC(=O)c1ccc2c(-c3cnn(C4CCNCC4)c3)cccc2c1. The summed E-state index contributed by atoms with van der Waals surface area (Å²) in [6.45, 7) is 4.86. The van der Waals surface area contributed by atoms with Gasteiger partial charge in [0.1, 0.15) is 0 Å². The molecule has 0 unspecified atom stereocenters. The van der Waals surface area contributed by atoms with Crippen LogP contribution < -0.4 is 10.6 Å². The van der Waals surface area contributed by atoms with Gasteiger partial charge in [-0.1, -0.05) is 31.2 Å². The maximum atomic E-state index is 12.3. The van der Waals surface area contributed by atoms with E-state index in [9.17, 15) is 4.79 Å². The molecule has 2 heterocycles. The summed E-state index contributed by atoms with van der Waals surface area (Å²) in [6.07, 6.45) is 7.29. The van der Waals surface area contributed by atoms with Gasteiger partial charge in [-0.25, -0.2) is 0 Å². The molecule has 1 amide bonds. The van der Waals surface area contributed by atoms with E-state index in [1.165, 1.54) is 0 Å². The second kappa shape index (κ2) is 7.92. The van der Waals surface area contributed by atoms with E-state index in [4.69, 9.17) is 0 Å². The van der Waals surface area contributed by atoms with Crippen LogP contribution in [0.25, 0.3) is 21.9 Å². The lowest BCUT2D eigenvalue weighted by molar-refractivity contribution is 0.0954. The number of amides is 1. The molecule has 0 spiro atoms. The second-order valence-corrected chi connectivity index (χ2v) is 7.19. The Morgan fingerprint density at radius 2 is 2.11 bits per heavy atom. The Bertz CT molecular complexity index is 940. The summed E-state index contributed by atoms with van der Waals surface area (Å²) in [5.41, 5.74) is 2.99. The third kappa shape index (κ3) is 3.74. The molecule has 0 bridgehead atoms. The quantitative estimate of drug-likeness (QED) is 0.726. The molecular formula is C22H26N4O. The number of nitrogens with zero attached hydrogens (tertiary/aromatic N) is 2. The first kappa shape index (κ1) is 17.7. The third-order valence-electron chi connectivity index (χ3n) is 5.27. The topological polar surface area (TPSA) is 59.0 Å². The Kier molecular flexibility index (Phi) is 5.21. The van der Waals surface area contributed by atoms with Crippen molar-refractivity contribution >= 4 is 16.7 Å². The van der Waals surface area contributed by atoms with E-state index in [-0.39, 0.29) is 5.91 Å². The van der Waals surface area contributed by atoms with Crippen LogP contribution >= 0.6 is 0 Å². The molecule has 0 radical (unpaired) electrons. The monoisotopic (exact) mass is 362 g/mol. The predicted octanol–water partition coefficient (Wildman–Crippen LogP) is 3.77. The molecule has 5 nitrogen and oxygen atoms in total. The minimum atomic E-state index is -0.0112. The lowest BCUT2D eigenvalue weighted by Gasteiger charge is -2.22. The van der Waals surface area contributed by atoms with Gasteiger partial charge in [0.05, 0.1) is 12.2 Å². The minimum Gasteiger partial charge on any atom is -0.352 e. The number of nitrogens with one attached hydrogen (secondary N) is 2. The smallest absolute Gasteiger partial charge is 0.251 e. The average Bonchev–Trinajstić information content (AvgIpc) is 3.22. The van der Waals surface area contributed by atoms with Gasteiger partial charge in [0.2, 0.25) is 0 Å². The fourth-order valence-corrected chi connectivity index (χ4v) is 3.77. The minimum absolute atomic E-state index is 0.0112. The van der Waals surface area contributed by atoms with Gasteiger partial charge in [-0.15, -0.1) is 0 Å². The molecule has 2 N–H and O–H groups in total. The van der Waals surface area contributed by atoms with Gasteiger partial charge < -0.3 is 10.6 Å². The van der Waals surface area contributed by atoms with Crippen LogP contribution in [0.15, 0.2) is 48.8 Å². The molecule has 1 aliphatic rings. The van der Waals surface area contributed by atoms with E-state index in [0.29, 0.717) is 18.2 Å². The first-order valence-electron chi connectivity index (χ1n) is 9.82. The van der Waals surface area contributed by atoms with Crippen molar-refractivity contribution in [3.8, 4) is 11.1 Å². The lowest BCUT2D eigenvalue weighted by atomic mass is 9.98. The molecule has 1 aliphatic heterocycles. The average molecular weight is 362 g/mol. The number of fused-ring (bicyclic) bond motifs is 1. The molecule has 0 atom stereocenters. The number of carbonyl (C=O) groups is 1. The number of hydrogen-bond acceptors (Lipinski definition) is 3. The van der Waals surface area contributed by atoms with Crippen molar-refractivity contribution in [1.82, 2.24) is 20.4 Å². The molecular weight excluding hydrogens is 336 g/mol. The summed E-state index contributed by atoms with van der Waals surface area (Å²) in [5.74, 6) is -0.0112. The zero-order valence-electron chi connectivity index (χ0n) is 15.7. The van der Waals surface area contributed by atoms with Crippen molar-refractivity contribution in [1.29, 1.82) is 0 Å². The Balaban J connectivity index is 1.64. The van der Waals surface area contributed by atoms with Crippen LogP contribution in [0.2, 0.25) is 0 Å². The highest BCUT2D eigenvalue weighted by atomic mass is 16.1. The first-order valence-corrected chi connectivity index (χ1v) is 9.82. The van der Waals surface area contributed by atoms with E-state index in [1.54, 1.807) is 0 Å². The molecule has 0 aliphatic carbocycles. The Hall–Kier alpha value is -2.66. The van der Waals surface area contributed by atoms with Gasteiger partial charge in [0.25, 0.3) is 5.91 Å². The molecule has 1 saturated heterocycles. The zero-order chi connectivity index (χ0) is 18.6. The molecule has 5 heteroatoms.